The highest BCUT2D eigenvalue weighted by Gasteiger charge is 2.15. The lowest BCUT2D eigenvalue weighted by Crippen LogP contribution is -2.14. The van der Waals surface area contributed by atoms with Gasteiger partial charge in [0.05, 0.1) is 21.3 Å². The topological polar surface area (TPSA) is 80.6 Å². The molecule has 2 aromatic carbocycles. The van der Waals surface area contributed by atoms with Gasteiger partial charge in [0.1, 0.15) is 17.4 Å². The van der Waals surface area contributed by atoms with E-state index in [0.29, 0.717) is 28.5 Å². The molecule has 0 aromatic heterocycles. The summed E-state index contributed by atoms with van der Waals surface area (Å²) < 4.78 is 15.9. The van der Waals surface area contributed by atoms with Crippen LogP contribution in [0.4, 0.5) is 5.69 Å². The minimum absolute atomic E-state index is 0.0542. The molecule has 2 rings (SSSR count). The number of benzene rings is 2. The molecule has 0 bridgehead atoms. The Balaban J connectivity index is 2.42. The first-order valence-electron chi connectivity index (χ1n) is 8.24. The maximum atomic E-state index is 12.6. The second kappa shape index (κ2) is 8.77. The fourth-order valence-corrected chi connectivity index (χ4v) is 2.55. The van der Waals surface area contributed by atoms with E-state index in [4.69, 9.17) is 14.2 Å². The molecule has 0 saturated carbocycles. The van der Waals surface area contributed by atoms with Crippen LogP contribution in [-0.2, 0) is 4.79 Å². The summed E-state index contributed by atoms with van der Waals surface area (Å²) >= 11 is 0. The van der Waals surface area contributed by atoms with Crippen LogP contribution in [0, 0.1) is 25.2 Å². The summed E-state index contributed by atoms with van der Waals surface area (Å²) in [5, 5.41) is 12.3. The van der Waals surface area contributed by atoms with E-state index in [2.05, 4.69) is 5.32 Å². The fourth-order valence-electron chi connectivity index (χ4n) is 2.55. The third-order valence-corrected chi connectivity index (χ3v) is 4.25. The Bertz CT molecular complexity index is 927. The van der Waals surface area contributed by atoms with E-state index in [-0.39, 0.29) is 5.57 Å². The van der Waals surface area contributed by atoms with Crippen molar-refractivity contribution >= 4 is 17.7 Å². The number of carbonyl (C=O) groups is 1. The second-order valence-corrected chi connectivity index (χ2v) is 5.82. The summed E-state index contributed by atoms with van der Waals surface area (Å²) in [6.45, 7) is 3.87. The van der Waals surface area contributed by atoms with Crippen LogP contribution < -0.4 is 19.5 Å². The van der Waals surface area contributed by atoms with Gasteiger partial charge in [-0.15, -0.1) is 0 Å². The third kappa shape index (κ3) is 4.39. The standard InChI is InChI=1S/C21H22N2O4/c1-13-7-6-8-17(14(13)2)23-21(24)16(12-22)9-15-10-19(26-4)20(27-5)11-18(15)25-3/h6-11H,1-5H3,(H,23,24)/b16-9+. The molecule has 0 spiro atoms. The van der Waals surface area contributed by atoms with E-state index in [1.165, 1.54) is 27.4 Å². The van der Waals surface area contributed by atoms with Crippen LogP contribution in [0.5, 0.6) is 17.2 Å². The molecule has 0 aliphatic rings. The molecule has 6 nitrogen and oxygen atoms in total. The van der Waals surface area contributed by atoms with Gasteiger partial charge in [0.2, 0.25) is 0 Å². The van der Waals surface area contributed by atoms with Gasteiger partial charge in [-0.1, -0.05) is 12.1 Å². The van der Waals surface area contributed by atoms with Gasteiger partial charge in [-0.25, -0.2) is 0 Å². The van der Waals surface area contributed by atoms with Crippen molar-refractivity contribution in [1.29, 1.82) is 5.26 Å². The first kappa shape index (κ1) is 19.9. The van der Waals surface area contributed by atoms with Crippen molar-refractivity contribution < 1.29 is 19.0 Å². The van der Waals surface area contributed by atoms with Crippen molar-refractivity contribution in [1.82, 2.24) is 0 Å². The van der Waals surface area contributed by atoms with E-state index < -0.39 is 5.91 Å². The number of ether oxygens (including phenoxy) is 3. The number of aryl methyl sites for hydroxylation is 1. The third-order valence-electron chi connectivity index (χ3n) is 4.25. The largest absolute Gasteiger partial charge is 0.496 e. The maximum Gasteiger partial charge on any atom is 0.266 e. The first-order valence-corrected chi connectivity index (χ1v) is 8.24. The van der Waals surface area contributed by atoms with Crippen molar-refractivity contribution in [3.8, 4) is 23.3 Å². The molecule has 0 unspecified atom stereocenters. The van der Waals surface area contributed by atoms with E-state index >= 15 is 0 Å². The monoisotopic (exact) mass is 366 g/mol. The maximum absolute atomic E-state index is 12.6. The SMILES string of the molecule is COc1cc(OC)c(OC)cc1/C=C(\C#N)C(=O)Nc1cccc(C)c1C. The fraction of sp³-hybridized carbons (Fsp3) is 0.238. The molecule has 0 saturated heterocycles. The Labute approximate surface area is 159 Å². The van der Waals surface area contributed by atoms with Gasteiger partial charge in [-0.3, -0.25) is 4.79 Å². The van der Waals surface area contributed by atoms with Gasteiger partial charge in [0, 0.05) is 17.3 Å². The van der Waals surface area contributed by atoms with Crippen LogP contribution in [0.25, 0.3) is 6.08 Å². The van der Waals surface area contributed by atoms with Gasteiger partial charge in [0.25, 0.3) is 5.91 Å². The number of methoxy groups -OCH3 is 3. The van der Waals surface area contributed by atoms with E-state index in [9.17, 15) is 10.1 Å². The van der Waals surface area contributed by atoms with Gasteiger partial charge in [-0.2, -0.15) is 5.26 Å². The molecule has 0 fully saturated rings. The van der Waals surface area contributed by atoms with Gasteiger partial charge >= 0.3 is 0 Å². The molecule has 1 N–H and O–H groups in total. The highest BCUT2D eigenvalue weighted by Crippen LogP contribution is 2.35. The molecule has 1 amide bonds. The highest BCUT2D eigenvalue weighted by atomic mass is 16.5. The van der Waals surface area contributed by atoms with Crippen molar-refractivity contribution in [3.63, 3.8) is 0 Å². The molecule has 6 heteroatoms. The number of amides is 1. The van der Waals surface area contributed by atoms with Crippen LogP contribution >= 0.6 is 0 Å². The minimum atomic E-state index is -0.497. The molecule has 0 heterocycles. The van der Waals surface area contributed by atoms with Crippen LogP contribution in [0.15, 0.2) is 35.9 Å². The summed E-state index contributed by atoms with van der Waals surface area (Å²) in [4.78, 5) is 12.6. The normalized spacial score (nSPS) is 10.7. The molecule has 140 valence electrons. The molecule has 0 atom stereocenters. The summed E-state index contributed by atoms with van der Waals surface area (Å²) in [5.74, 6) is 0.921. The summed E-state index contributed by atoms with van der Waals surface area (Å²) in [7, 11) is 4.53. The molecule has 0 aliphatic heterocycles. The lowest BCUT2D eigenvalue weighted by molar-refractivity contribution is -0.112. The van der Waals surface area contributed by atoms with Crippen molar-refractivity contribution in [2.75, 3.05) is 26.6 Å². The number of nitriles is 1. The molecule has 0 radical (unpaired) electrons. The van der Waals surface area contributed by atoms with E-state index in [1.54, 1.807) is 18.2 Å². The average molecular weight is 366 g/mol. The number of hydrogen-bond acceptors (Lipinski definition) is 5. The van der Waals surface area contributed by atoms with Crippen LogP contribution in [-0.4, -0.2) is 27.2 Å². The number of anilines is 1. The zero-order valence-electron chi connectivity index (χ0n) is 16.0. The Morgan fingerprint density at radius 1 is 1.04 bits per heavy atom. The quantitative estimate of drug-likeness (QED) is 0.620. The first-order chi connectivity index (χ1) is 12.9. The molecular formula is C21H22N2O4. The molecule has 2 aromatic rings. The second-order valence-electron chi connectivity index (χ2n) is 5.82. The predicted molar refractivity (Wildman–Crippen MR) is 104 cm³/mol. The zero-order valence-corrected chi connectivity index (χ0v) is 16.0. The van der Waals surface area contributed by atoms with Crippen LogP contribution in [0.1, 0.15) is 16.7 Å². The van der Waals surface area contributed by atoms with E-state index in [1.807, 2.05) is 32.0 Å². The van der Waals surface area contributed by atoms with Gasteiger partial charge in [0.15, 0.2) is 11.5 Å². The van der Waals surface area contributed by atoms with Gasteiger partial charge in [-0.05, 0) is 43.2 Å². The molecule has 0 aliphatic carbocycles. The van der Waals surface area contributed by atoms with Crippen molar-refractivity contribution in [2.45, 2.75) is 13.8 Å². The Morgan fingerprint density at radius 2 is 1.67 bits per heavy atom. The van der Waals surface area contributed by atoms with Crippen molar-refractivity contribution in [2.24, 2.45) is 0 Å². The molecular weight excluding hydrogens is 344 g/mol. The summed E-state index contributed by atoms with van der Waals surface area (Å²) in [5.41, 5.74) is 3.15. The van der Waals surface area contributed by atoms with Gasteiger partial charge < -0.3 is 19.5 Å². The van der Waals surface area contributed by atoms with E-state index in [0.717, 1.165) is 11.1 Å². The Morgan fingerprint density at radius 3 is 2.26 bits per heavy atom. The minimum Gasteiger partial charge on any atom is -0.496 e. The van der Waals surface area contributed by atoms with Crippen LogP contribution in [0.2, 0.25) is 0 Å². The van der Waals surface area contributed by atoms with Crippen molar-refractivity contribution in [3.05, 3.63) is 52.6 Å². The van der Waals surface area contributed by atoms with Crippen LogP contribution in [0.3, 0.4) is 0 Å². The average Bonchev–Trinajstić information content (AvgIpc) is 2.68. The predicted octanol–water partition coefficient (Wildman–Crippen LogP) is 3.87. The number of nitrogens with zero attached hydrogens (tertiary/aromatic N) is 1. The Kier molecular flexibility index (Phi) is 6.45. The smallest absolute Gasteiger partial charge is 0.266 e. The number of hydrogen-bond donors (Lipinski definition) is 1. The number of carbonyl (C=O) groups excluding carboxylic acids is 1. The number of nitrogens with one attached hydrogen (secondary N) is 1. The highest BCUT2D eigenvalue weighted by molar-refractivity contribution is 6.10. The zero-order chi connectivity index (χ0) is 20.0. The Hall–Kier alpha value is -3.46. The number of rotatable bonds is 6. The molecule has 27 heavy (non-hydrogen) atoms. The lowest BCUT2D eigenvalue weighted by Gasteiger charge is -2.13. The summed E-state index contributed by atoms with van der Waals surface area (Å²) in [6, 6.07) is 10.8. The summed E-state index contributed by atoms with van der Waals surface area (Å²) in [6.07, 6.45) is 1.46. The lowest BCUT2D eigenvalue weighted by atomic mass is 10.1.